The first-order valence-electron chi connectivity index (χ1n) is 6.45. The lowest BCUT2D eigenvalue weighted by Gasteiger charge is -2.08. The molecule has 0 radical (unpaired) electrons. The predicted molar refractivity (Wildman–Crippen MR) is 76.2 cm³/mol. The Kier molecular flexibility index (Phi) is 3.45. The third-order valence-corrected chi connectivity index (χ3v) is 3.16. The van der Waals surface area contributed by atoms with E-state index in [1.807, 2.05) is 19.2 Å². The average Bonchev–Trinajstić information content (AvgIpc) is 3.09. The number of nitrogens with one attached hydrogen (secondary N) is 2. The van der Waals surface area contributed by atoms with Crippen molar-refractivity contribution in [1.82, 2.24) is 25.0 Å². The van der Waals surface area contributed by atoms with Gasteiger partial charge in [0.2, 0.25) is 0 Å². The van der Waals surface area contributed by atoms with Crippen molar-refractivity contribution < 1.29 is 0 Å². The molecule has 0 aliphatic carbocycles. The molecule has 0 saturated heterocycles. The molecule has 2 aromatic heterocycles. The summed E-state index contributed by atoms with van der Waals surface area (Å²) in [5.74, 6) is 0. The normalized spacial score (nSPS) is 10.7. The van der Waals surface area contributed by atoms with Gasteiger partial charge in [-0.15, -0.1) is 0 Å². The van der Waals surface area contributed by atoms with Crippen LogP contribution in [0, 0.1) is 6.92 Å². The van der Waals surface area contributed by atoms with Crippen molar-refractivity contribution in [3.8, 4) is 0 Å². The number of hydrogen-bond acceptors (Lipinski definition) is 4. The van der Waals surface area contributed by atoms with Gasteiger partial charge in [0.15, 0.2) is 0 Å². The molecule has 0 fully saturated rings. The van der Waals surface area contributed by atoms with Gasteiger partial charge in [0.25, 0.3) is 0 Å². The van der Waals surface area contributed by atoms with E-state index >= 15 is 0 Å². The molecule has 0 aliphatic heterocycles. The maximum absolute atomic E-state index is 4.11. The summed E-state index contributed by atoms with van der Waals surface area (Å²) in [5, 5.41) is 14.5. The minimum Gasteiger partial charge on any atom is -0.381 e. The van der Waals surface area contributed by atoms with Crippen LogP contribution in [-0.4, -0.2) is 25.0 Å². The summed E-state index contributed by atoms with van der Waals surface area (Å²) in [6.45, 7) is 3.50. The molecule has 20 heavy (non-hydrogen) atoms. The van der Waals surface area contributed by atoms with E-state index in [2.05, 4.69) is 43.8 Å². The zero-order chi connectivity index (χ0) is 13.8. The molecule has 0 amide bonds. The first-order valence-corrected chi connectivity index (χ1v) is 6.45. The van der Waals surface area contributed by atoms with Gasteiger partial charge in [-0.3, -0.25) is 5.10 Å². The monoisotopic (exact) mass is 268 g/mol. The smallest absolute Gasteiger partial charge is 0.137 e. The Balaban J connectivity index is 1.67. The standard InChI is InChI=1S/C14H16N6/c1-11-13(7-17-19-11)6-16-14-4-2-3-12(5-14)8-20-10-15-9-18-20/h2-5,7,9-10,16H,6,8H2,1H3,(H,17,19). The molecule has 6 heteroatoms. The van der Waals surface area contributed by atoms with Crippen LogP contribution in [0.15, 0.2) is 43.1 Å². The summed E-state index contributed by atoms with van der Waals surface area (Å²) in [4.78, 5) is 3.95. The second-order valence-corrected chi connectivity index (χ2v) is 4.67. The lowest BCUT2D eigenvalue weighted by atomic mass is 10.2. The summed E-state index contributed by atoms with van der Waals surface area (Å²) in [7, 11) is 0. The lowest BCUT2D eigenvalue weighted by Crippen LogP contribution is -2.03. The van der Waals surface area contributed by atoms with Gasteiger partial charge in [0.05, 0.1) is 12.7 Å². The lowest BCUT2D eigenvalue weighted by molar-refractivity contribution is 0.685. The van der Waals surface area contributed by atoms with E-state index < -0.39 is 0 Å². The molecule has 102 valence electrons. The molecule has 3 rings (SSSR count). The summed E-state index contributed by atoms with van der Waals surface area (Å²) < 4.78 is 1.80. The number of H-pyrrole nitrogens is 1. The molecule has 3 aromatic rings. The summed E-state index contributed by atoms with van der Waals surface area (Å²) in [6, 6.07) is 8.30. The van der Waals surface area contributed by atoms with Crippen LogP contribution in [-0.2, 0) is 13.1 Å². The van der Waals surface area contributed by atoms with Crippen LogP contribution in [0.3, 0.4) is 0 Å². The van der Waals surface area contributed by atoms with E-state index in [1.54, 1.807) is 17.3 Å². The Labute approximate surface area is 116 Å². The molecular weight excluding hydrogens is 252 g/mol. The average molecular weight is 268 g/mol. The Hall–Kier alpha value is -2.63. The summed E-state index contributed by atoms with van der Waals surface area (Å²) in [5.41, 5.74) is 4.54. The summed E-state index contributed by atoms with van der Waals surface area (Å²) >= 11 is 0. The van der Waals surface area contributed by atoms with Crippen LogP contribution in [0.5, 0.6) is 0 Å². The maximum atomic E-state index is 4.11. The molecular formula is C14H16N6. The van der Waals surface area contributed by atoms with E-state index in [-0.39, 0.29) is 0 Å². The van der Waals surface area contributed by atoms with Crippen molar-refractivity contribution >= 4 is 5.69 Å². The van der Waals surface area contributed by atoms with Gasteiger partial charge in [0.1, 0.15) is 12.7 Å². The van der Waals surface area contributed by atoms with Gasteiger partial charge < -0.3 is 5.32 Å². The highest BCUT2D eigenvalue weighted by atomic mass is 15.3. The van der Waals surface area contributed by atoms with Crippen LogP contribution in [0.4, 0.5) is 5.69 Å². The number of benzene rings is 1. The maximum Gasteiger partial charge on any atom is 0.137 e. The quantitative estimate of drug-likeness (QED) is 0.742. The fourth-order valence-electron chi connectivity index (χ4n) is 2.03. The third kappa shape index (κ3) is 2.85. The summed E-state index contributed by atoms with van der Waals surface area (Å²) in [6.07, 6.45) is 5.11. The van der Waals surface area contributed by atoms with Crippen LogP contribution in [0.25, 0.3) is 0 Å². The van der Waals surface area contributed by atoms with E-state index in [1.165, 1.54) is 11.1 Å². The molecule has 0 saturated carbocycles. The number of aromatic nitrogens is 5. The Morgan fingerprint density at radius 1 is 1.35 bits per heavy atom. The molecule has 1 aromatic carbocycles. The van der Waals surface area contributed by atoms with Crippen molar-refractivity contribution in [2.75, 3.05) is 5.32 Å². The van der Waals surface area contributed by atoms with E-state index in [9.17, 15) is 0 Å². The van der Waals surface area contributed by atoms with Gasteiger partial charge >= 0.3 is 0 Å². The minimum atomic E-state index is 0.722. The largest absolute Gasteiger partial charge is 0.381 e. The van der Waals surface area contributed by atoms with Crippen molar-refractivity contribution in [2.45, 2.75) is 20.0 Å². The van der Waals surface area contributed by atoms with Crippen molar-refractivity contribution in [3.63, 3.8) is 0 Å². The van der Waals surface area contributed by atoms with Crippen LogP contribution >= 0.6 is 0 Å². The topological polar surface area (TPSA) is 71.4 Å². The molecule has 0 aliphatic rings. The van der Waals surface area contributed by atoms with Crippen molar-refractivity contribution in [3.05, 3.63) is 59.9 Å². The first kappa shape index (κ1) is 12.4. The number of hydrogen-bond donors (Lipinski definition) is 2. The van der Waals surface area contributed by atoms with E-state index in [0.29, 0.717) is 0 Å². The second-order valence-electron chi connectivity index (χ2n) is 4.67. The van der Waals surface area contributed by atoms with E-state index in [0.717, 1.165) is 24.5 Å². The fraction of sp³-hybridized carbons (Fsp3) is 0.214. The molecule has 0 bridgehead atoms. The zero-order valence-electron chi connectivity index (χ0n) is 11.2. The minimum absolute atomic E-state index is 0.722. The number of rotatable bonds is 5. The van der Waals surface area contributed by atoms with Crippen LogP contribution in [0.2, 0.25) is 0 Å². The highest BCUT2D eigenvalue weighted by Gasteiger charge is 2.01. The molecule has 0 unspecified atom stereocenters. The Morgan fingerprint density at radius 2 is 2.30 bits per heavy atom. The van der Waals surface area contributed by atoms with Gasteiger partial charge in [0, 0.05) is 23.5 Å². The molecule has 0 atom stereocenters. The van der Waals surface area contributed by atoms with E-state index in [4.69, 9.17) is 0 Å². The van der Waals surface area contributed by atoms with Crippen LogP contribution < -0.4 is 5.32 Å². The van der Waals surface area contributed by atoms with Crippen molar-refractivity contribution in [1.29, 1.82) is 0 Å². The fourth-order valence-corrected chi connectivity index (χ4v) is 2.03. The number of aromatic amines is 1. The highest BCUT2D eigenvalue weighted by molar-refractivity contribution is 5.46. The van der Waals surface area contributed by atoms with Gasteiger partial charge in [-0.2, -0.15) is 10.2 Å². The molecule has 6 nitrogen and oxygen atoms in total. The highest BCUT2D eigenvalue weighted by Crippen LogP contribution is 2.13. The van der Waals surface area contributed by atoms with Crippen molar-refractivity contribution in [2.24, 2.45) is 0 Å². The molecule has 0 spiro atoms. The van der Waals surface area contributed by atoms with Gasteiger partial charge in [-0.1, -0.05) is 12.1 Å². The zero-order valence-corrected chi connectivity index (χ0v) is 11.2. The SMILES string of the molecule is Cc1[nH]ncc1CNc1cccc(Cn2cncn2)c1. The number of anilines is 1. The number of nitrogens with zero attached hydrogens (tertiary/aromatic N) is 4. The second kappa shape index (κ2) is 5.56. The predicted octanol–water partition coefficient (Wildman–Crippen LogP) is 1.97. The first-order chi connectivity index (χ1) is 9.81. The molecule has 2 heterocycles. The van der Waals surface area contributed by atoms with Crippen LogP contribution in [0.1, 0.15) is 16.8 Å². The Morgan fingerprint density at radius 3 is 3.05 bits per heavy atom. The molecule has 2 N–H and O–H groups in total. The van der Waals surface area contributed by atoms with Gasteiger partial charge in [-0.25, -0.2) is 9.67 Å². The number of aryl methyl sites for hydroxylation is 1. The Bertz CT molecular complexity index is 671. The van der Waals surface area contributed by atoms with Gasteiger partial charge in [-0.05, 0) is 24.6 Å². The third-order valence-electron chi connectivity index (χ3n) is 3.16.